The van der Waals surface area contributed by atoms with Gasteiger partial charge in [-0.1, -0.05) is 22.8 Å². The third-order valence-electron chi connectivity index (χ3n) is 3.05. The van der Waals surface area contributed by atoms with Crippen LogP contribution in [0, 0.1) is 5.82 Å². The number of hydrogen-bond donors (Lipinski definition) is 1. The van der Waals surface area contributed by atoms with Gasteiger partial charge in [-0.25, -0.2) is 4.39 Å². The van der Waals surface area contributed by atoms with Gasteiger partial charge in [0.05, 0.1) is 6.54 Å². The Morgan fingerprint density at radius 3 is 2.74 bits per heavy atom. The van der Waals surface area contributed by atoms with E-state index < -0.39 is 5.82 Å². The van der Waals surface area contributed by atoms with Crippen molar-refractivity contribution in [1.82, 2.24) is 15.5 Å². The topological polar surface area (TPSA) is 68.0 Å². The molecule has 0 saturated carbocycles. The van der Waals surface area contributed by atoms with Crippen molar-refractivity contribution in [2.75, 3.05) is 0 Å². The Balaban J connectivity index is 1.65. The van der Waals surface area contributed by atoms with E-state index in [0.717, 1.165) is 0 Å². The maximum Gasteiger partial charge on any atom is 0.258 e. The van der Waals surface area contributed by atoms with Crippen molar-refractivity contribution in [3.8, 4) is 11.5 Å². The monoisotopic (exact) mass is 331 g/mol. The summed E-state index contributed by atoms with van der Waals surface area (Å²) in [5, 5.41) is 7.00. The highest BCUT2D eigenvalue weighted by atomic mass is 35.5. The number of carbonyl (C=O) groups is 1. The molecule has 0 aliphatic carbocycles. The molecule has 0 radical (unpaired) electrons. The second-order valence-electron chi connectivity index (χ2n) is 4.72. The molecule has 0 spiro atoms. The van der Waals surface area contributed by atoms with Crippen molar-refractivity contribution in [2.45, 2.75) is 6.54 Å². The Morgan fingerprint density at radius 2 is 2.00 bits per heavy atom. The van der Waals surface area contributed by atoms with E-state index in [-0.39, 0.29) is 12.5 Å². The summed E-state index contributed by atoms with van der Waals surface area (Å²) in [6.07, 6.45) is 0. The van der Waals surface area contributed by atoms with Crippen LogP contribution in [-0.2, 0) is 6.54 Å². The van der Waals surface area contributed by atoms with E-state index in [1.165, 1.54) is 24.3 Å². The number of rotatable bonds is 4. The van der Waals surface area contributed by atoms with Crippen LogP contribution in [0.2, 0.25) is 5.02 Å². The van der Waals surface area contributed by atoms with Gasteiger partial charge in [-0.05, 0) is 42.5 Å². The first-order valence-corrected chi connectivity index (χ1v) is 7.12. The van der Waals surface area contributed by atoms with Crippen LogP contribution in [0.15, 0.2) is 53.1 Å². The minimum Gasteiger partial charge on any atom is -0.345 e. The molecule has 1 N–H and O–H groups in total. The second kappa shape index (κ2) is 6.58. The molecule has 0 aliphatic rings. The van der Waals surface area contributed by atoms with Gasteiger partial charge in [0.1, 0.15) is 5.82 Å². The lowest BCUT2D eigenvalue weighted by molar-refractivity contribution is 0.0949. The lowest BCUT2D eigenvalue weighted by Crippen LogP contribution is -2.23. The minimum atomic E-state index is -0.397. The first-order chi connectivity index (χ1) is 11.1. The molecule has 0 saturated heterocycles. The molecule has 23 heavy (non-hydrogen) atoms. The smallest absolute Gasteiger partial charge is 0.258 e. The molecule has 0 bridgehead atoms. The van der Waals surface area contributed by atoms with E-state index >= 15 is 0 Å². The summed E-state index contributed by atoms with van der Waals surface area (Å²) in [6, 6.07) is 12.3. The first-order valence-electron chi connectivity index (χ1n) is 6.74. The fraction of sp³-hybridized carbons (Fsp3) is 0.0625. The third kappa shape index (κ3) is 3.73. The Labute approximate surface area is 136 Å². The molecule has 5 nitrogen and oxygen atoms in total. The number of halogens is 2. The quantitative estimate of drug-likeness (QED) is 0.795. The standard InChI is InChI=1S/C16H11ClFN3O2/c17-12-3-1-2-11(8-12)16-20-14(21-23-16)9-19-15(22)10-4-6-13(18)7-5-10/h1-8H,9H2,(H,19,22). The van der Waals surface area contributed by atoms with Crippen LogP contribution in [-0.4, -0.2) is 16.0 Å². The highest BCUT2D eigenvalue weighted by molar-refractivity contribution is 6.30. The van der Waals surface area contributed by atoms with Crippen molar-refractivity contribution in [2.24, 2.45) is 0 Å². The maximum atomic E-state index is 12.8. The van der Waals surface area contributed by atoms with Crippen molar-refractivity contribution in [3.05, 3.63) is 70.8 Å². The summed E-state index contributed by atoms with van der Waals surface area (Å²) in [5.74, 6) is -0.0982. The van der Waals surface area contributed by atoms with Gasteiger partial charge in [-0.2, -0.15) is 4.98 Å². The van der Waals surface area contributed by atoms with E-state index in [4.69, 9.17) is 16.1 Å². The third-order valence-corrected chi connectivity index (χ3v) is 3.29. The van der Waals surface area contributed by atoms with Crippen molar-refractivity contribution in [3.63, 3.8) is 0 Å². The van der Waals surface area contributed by atoms with Gasteiger partial charge >= 0.3 is 0 Å². The predicted molar refractivity (Wildman–Crippen MR) is 82.3 cm³/mol. The molecule has 1 heterocycles. The highest BCUT2D eigenvalue weighted by Crippen LogP contribution is 2.20. The zero-order valence-corrected chi connectivity index (χ0v) is 12.5. The molecule has 3 aromatic rings. The van der Waals surface area contributed by atoms with Crippen LogP contribution in [0.1, 0.15) is 16.2 Å². The summed E-state index contributed by atoms with van der Waals surface area (Å²) >= 11 is 5.91. The average Bonchev–Trinajstić information content (AvgIpc) is 3.02. The second-order valence-corrected chi connectivity index (χ2v) is 5.15. The molecule has 3 rings (SSSR count). The number of carbonyl (C=O) groups excluding carboxylic acids is 1. The molecular formula is C16H11ClFN3O2. The average molecular weight is 332 g/mol. The zero-order valence-electron chi connectivity index (χ0n) is 11.8. The predicted octanol–water partition coefficient (Wildman–Crippen LogP) is 3.46. The van der Waals surface area contributed by atoms with Crippen molar-refractivity contribution >= 4 is 17.5 Å². The summed E-state index contributed by atoms with van der Waals surface area (Å²) in [4.78, 5) is 16.1. The van der Waals surface area contributed by atoms with Gasteiger partial charge in [-0.15, -0.1) is 0 Å². The Bertz CT molecular complexity index is 833. The summed E-state index contributed by atoms with van der Waals surface area (Å²) in [6.45, 7) is 0.0975. The number of amides is 1. The fourth-order valence-corrected chi connectivity index (χ4v) is 2.12. The van der Waals surface area contributed by atoms with Gasteiger partial charge in [0.2, 0.25) is 0 Å². The van der Waals surface area contributed by atoms with Crippen LogP contribution in [0.3, 0.4) is 0 Å². The van der Waals surface area contributed by atoms with Gasteiger partial charge in [-0.3, -0.25) is 4.79 Å². The Hall–Kier alpha value is -2.73. The molecule has 116 valence electrons. The summed E-state index contributed by atoms with van der Waals surface area (Å²) in [7, 11) is 0. The number of hydrogen-bond acceptors (Lipinski definition) is 4. The van der Waals surface area contributed by atoms with Crippen LogP contribution < -0.4 is 5.32 Å². The molecule has 0 atom stereocenters. The molecule has 0 unspecified atom stereocenters. The van der Waals surface area contributed by atoms with E-state index in [0.29, 0.717) is 27.9 Å². The Kier molecular flexibility index (Phi) is 4.34. The molecule has 1 aromatic heterocycles. The highest BCUT2D eigenvalue weighted by Gasteiger charge is 2.11. The van der Waals surface area contributed by atoms with E-state index in [2.05, 4.69) is 15.5 Å². The molecule has 7 heteroatoms. The largest absolute Gasteiger partial charge is 0.345 e. The van der Waals surface area contributed by atoms with Crippen LogP contribution >= 0.6 is 11.6 Å². The van der Waals surface area contributed by atoms with Gasteiger partial charge in [0.25, 0.3) is 11.8 Å². The van der Waals surface area contributed by atoms with Gasteiger partial charge < -0.3 is 9.84 Å². The molecule has 1 amide bonds. The van der Waals surface area contributed by atoms with Crippen LogP contribution in [0.5, 0.6) is 0 Å². The van der Waals surface area contributed by atoms with Gasteiger partial charge in [0, 0.05) is 16.1 Å². The van der Waals surface area contributed by atoms with E-state index in [1.54, 1.807) is 24.3 Å². The number of nitrogens with zero attached hydrogens (tertiary/aromatic N) is 2. The van der Waals surface area contributed by atoms with E-state index in [1.807, 2.05) is 0 Å². The van der Waals surface area contributed by atoms with Crippen molar-refractivity contribution in [1.29, 1.82) is 0 Å². The van der Waals surface area contributed by atoms with Crippen LogP contribution in [0.4, 0.5) is 4.39 Å². The lowest BCUT2D eigenvalue weighted by atomic mass is 10.2. The normalized spacial score (nSPS) is 10.5. The summed E-state index contributed by atoms with van der Waals surface area (Å²) < 4.78 is 18.0. The number of aromatic nitrogens is 2. The number of nitrogens with one attached hydrogen (secondary N) is 1. The number of benzene rings is 2. The molecule has 0 aliphatic heterocycles. The van der Waals surface area contributed by atoms with E-state index in [9.17, 15) is 9.18 Å². The fourth-order valence-electron chi connectivity index (χ4n) is 1.93. The molecule has 0 fully saturated rings. The molecule has 2 aromatic carbocycles. The SMILES string of the molecule is O=C(NCc1noc(-c2cccc(Cl)c2)n1)c1ccc(F)cc1. The Morgan fingerprint density at radius 1 is 1.22 bits per heavy atom. The van der Waals surface area contributed by atoms with Gasteiger partial charge in [0.15, 0.2) is 5.82 Å². The van der Waals surface area contributed by atoms with Crippen molar-refractivity contribution < 1.29 is 13.7 Å². The maximum absolute atomic E-state index is 12.8. The molecular weight excluding hydrogens is 321 g/mol. The van der Waals surface area contributed by atoms with Crippen LogP contribution in [0.25, 0.3) is 11.5 Å². The summed E-state index contributed by atoms with van der Waals surface area (Å²) in [5.41, 5.74) is 1.05. The lowest BCUT2D eigenvalue weighted by Gasteiger charge is -2.01. The minimum absolute atomic E-state index is 0.0975. The first kappa shape index (κ1) is 15.2. The zero-order chi connectivity index (χ0) is 16.2.